The molecule has 162 valence electrons. The molecule has 1 aliphatic heterocycles. The van der Waals surface area contributed by atoms with E-state index in [0.717, 1.165) is 56.9 Å². The smallest absolute Gasteiger partial charge is 0.273 e. The number of hydrogen-bond acceptors (Lipinski definition) is 5. The molecule has 4 rings (SSSR count). The van der Waals surface area contributed by atoms with Crippen LogP contribution in [0.15, 0.2) is 18.2 Å². The molecule has 0 unspecified atom stereocenters. The summed E-state index contributed by atoms with van der Waals surface area (Å²) in [5, 5.41) is 11.8. The van der Waals surface area contributed by atoms with Gasteiger partial charge in [-0.15, -0.1) is 5.10 Å². The van der Waals surface area contributed by atoms with Crippen LogP contribution in [0.1, 0.15) is 65.8 Å². The minimum Gasteiger partial charge on any atom is -0.383 e. The highest BCUT2D eigenvalue weighted by atomic mass is 16.5. The van der Waals surface area contributed by atoms with Crippen molar-refractivity contribution in [2.45, 2.75) is 64.5 Å². The Morgan fingerprint density at radius 1 is 1.23 bits per heavy atom. The van der Waals surface area contributed by atoms with Crippen LogP contribution in [0.5, 0.6) is 0 Å². The second kappa shape index (κ2) is 9.71. The molecule has 2 aliphatic rings. The second-order valence-corrected chi connectivity index (χ2v) is 8.53. The fourth-order valence-electron chi connectivity index (χ4n) is 4.70. The SMILES string of the molecule is COCCN1CCc2c(cccc2-n2nnc(C(=O)NC3CCCCCC3)c2C)C1. The fraction of sp³-hybridized carbons (Fsp3) is 0.609. The molecule has 1 aromatic heterocycles. The Hall–Kier alpha value is -2.25. The molecular weight excluding hydrogens is 378 g/mol. The number of nitrogens with one attached hydrogen (secondary N) is 1. The number of carbonyl (C=O) groups excluding carboxylic acids is 1. The third-order valence-electron chi connectivity index (χ3n) is 6.46. The molecule has 7 heteroatoms. The molecule has 1 saturated carbocycles. The van der Waals surface area contributed by atoms with E-state index in [2.05, 4.69) is 38.7 Å². The van der Waals surface area contributed by atoms with Crippen molar-refractivity contribution in [2.75, 3.05) is 26.8 Å². The van der Waals surface area contributed by atoms with Gasteiger partial charge < -0.3 is 10.1 Å². The lowest BCUT2D eigenvalue weighted by Crippen LogP contribution is -2.35. The van der Waals surface area contributed by atoms with Crippen LogP contribution in [0.3, 0.4) is 0 Å². The van der Waals surface area contributed by atoms with Gasteiger partial charge in [-0.1, -0.05) is 43.0 Å². The number of carbonyl (C=O) groups is 1. The Balaban J connectivity index is 1.52. The topological polar surface area (TPSA) is 72.3 Å². The molecule has 1 fully saturated rings. The van der Waals surface area contributed by atoms with Crippen molar-refractivity contribution in [3.63, 3.8) is 0 Å². The standard InChI is InChI=1S/C23H33N5O2/c1-17-22(23(29)24-19-9-5-3-4-6-10-19)25-26-28(17)21-11-7-8-18-16-27(14-15-30-2)13-12-20(18)21/h7-8,11,19H,3-6,9-10,12-16H2,1-2H3,(H,24,29). The van der Waals surface area contributed by atoms with Crippen LogP contribution in [0.4, 0.5) is 0 Å². The molecule has 0 spiro atoms. The van der Waals surface area contributed by atoms with E-state index >= 15 is 0 Å². The fourth-order valence-corrected chi connectivity index (χ4v) is 4.70. The zero-order chi connectivity index (χ0) is 20.9. The molecule has 0 atom stereocenters. The number of methoxy groups -OCH3 is 1. The van der Waals surface area contributed by atoms with Gasteiger partial charge in [0.1, 0.15) is 0 Å². The average molecular weight is 412 g/mol. The third-order valence-corrected chi connectivity index (χ3v) is 6.46. The summed E-state index contributed by atoms with van der Waals surface area (Å²) in [4.78, 5) is 15.3. The van der Waals surface area contributed by atoms with Crippen LogP contribution in [-0.2, 0) is 17.7 Å². The van der Waals surface area contributed by atoms with E-state index in [4.69, 9.17) is 4.74 Å². The molecule has 1 aromatic carbocycles. The predicted octanol–water partition coefficient (Wildman–Crippen LogP) is 3.03. The van der Waals surface area contributed by atoms with Crippen LogP contribution in [0.2, 0.25) is 0 Å². The minimum atomic E-state index is -0.0961. The van der Waals surface area contributed by atoms with Gasteiger partial charge in [-0.05, 0) is 43.4 Å². The van der Waals surface area contributed by atoms with E-state index in [1.807, 2.05) is 11.6 Å². The summed E-state index contributed by atoms with van der Waals surface area (Å²) in [7, 11) is 1.74. The van der Waals surface area contributed by atoms with Crippen molar-refractivity contribution in [1.82, 2.24) is 25.2 Å². The van der Waals surface area contributed by atoms with Gasteiger partial charge in [-0.3, -0.25) is 9.69 Å². The Morgan fingerprint density at radius 3 is 2.80 bits per heavy atom. The lowest BCUT2D eigenvalue weighted by atomic mass is 9.97. The van der Waals surface area contributed by atoms with E-state index in [0.29, 0.717) is 5.69 Å². The van der Waals surface area contributed by atoms with Gasteiger partial charge in [0.05, 0.1) is 18.0 Å². The molecule has 2 heterocycles. The maximum Gasteiger partial charge on any atom is 0.273 e. The lowest BCUT2D eigenvalue weighted by Gasteiger charge is -2.29. The first-order valence-corrected chi connectivity index (χ1v) is 11.2. The van der Waals surface area contributed by atoms with Crippen LogP contribution in [-0.4, -0.2) is 58.6 Å². The van der Waals surface area contributed by atoms with E-state index in [-0.39, 0.29) is 11.9 Å². The minimum absolute atomic E-state index is 0.0961. The Kier molecular flexibility index (Phi) is 6.79. The maximum absolute atomic E-state index is 12.9. The van der Waals surface area contributed by atoms with Crippen molar-refractivity contribution >= 4 is 5.91 Å². The molecule has 0 saturated heterocycles. The summed E-state index contributed by atoms with van der Waals surface area (Å²) in [6, 6.07) is 6.59. The highest BCUT2D eigenvalue weighted by molar-refractivity contribution is 5.93. The van der Waals surface area contributed by atoms with Crippen LogP contribution in [0.25, 0.3) is 5.69 Å². The molecule has 2 aromatic rings. The molecule has 1 aliphatic carbocycles. The normalized spacial score (nSPS) is 18.1. The molecule has 0 radical (unpaired) electrons. The molecule has 1 amide bonds. The molecular formula is C23H33N5O2. The zero-order valence-electron chi connectivity index (χ0n) is 18.2. The maximum atomic E-state index is 12.9. The molecule has 30 heavy (non-hydrogen) atoms. The van der Waals surface area contributed by atoms with Crippen molar-refractivity contribution in [3.05, 3.63) is 40.7 Å². The first kappa shape index (κ1) is 21.0. The van der Waals surface area contributed by atoms with Crippen molar-refractivity contribution in [1.29, 1.82) is 0 Å². The largest absolute Gasteiger partial charge is 0.383 e. The number of fused-ring (bicyclic) bond motifs is 1. The Labute approximate surface area is 178 Å². The number of benzene rings is 1. The van der Waals surface area contributed by atoms with Gasteiger partial charge in [-0.25, -0.2) is 4.68 Å². The van der Waals surface area contributed by atoms with E-state index in [1.54, 1.807) is 7.11 Å². The number of hydrogen-bond donors (Lipinski definition) is 1. The average Bonchev–Trinajstić information content (AvgIpc) is 2.96. The summed E-state index contributed by atoms with van der Waals surface area (Å²) >= 11 is 0. The second-order valence-electron chi connectivity index (χ2n) is 8.53. The van der Waals surface area contributed by atoms with Crippen molar-refractivity contribution < 1.29 is 9.53 Å². The van der Waals surface area contributed by atoms with E-state index in [9.17, 15) is 4.79 Å². The highest BCUT2D eigenvalue weighted by Gasteiger charge is 2.24. The molecule has 1 N–H and O–H groups in total. The van der Waals surface area contributed by atoms with Crippen molar-refractivity contribution in [3.8, 4) is 5.69 Å². The highest BCUT2D eigenvalue weighted by Crippen LogP contribution is 2.26. The number of ether oxygens (including phenoxy) is 1. The van der Waals surface area contributed by atoms with Gasteiger partial charge in [0.2, 0.25) is 0 Å². The Morgan fingerprint density at radius 2 is 2.03 bits per heavy atom. The van der Waals surface area contributed by atoms with Gasteiger partial charge in [0.25, 0.3) is 5.91 Å². The summed E-state index contributed by atoms with van der Waals surface area (Å²) in [5.41, 5.74) is 4.90. The van der Waals surface area contributed by atoms with Crippen LogP contribution >= 0.6 is 0 Å². The first-order chi connectivity index (χ1) is 14.7. The van der Waals surface area contributed by atoms with Crippen molar-refractivity contribution in [2.24, 2.45) is 0 Å². The molecule has 7 nitrogen and oxygen atoms in total. The number of amides is 1. The van der Waals surface area contributed by atoms with E-state index < -0.39 is 0 Å². The predicted molar refractivity (Wildman–Crippen MR) is 116 cm³/mol. The lowest BCUT2D eigenvalue weighted by molar-refractivity contribution is 0.0927. The van der Waals surface area contributed by atoms with Crippen LogP contribution in [0, 0.1) is 6.92 Å². The van der Waals surface area contributed by atoms with Gasteiger partial charge in [0, 0.05) is 32.8 Å². The van der Waals surface area contributed by atoms with Gasteiger partial charge in [0.15, 0.2) is 5.69 Å². The summed E-state index contributed by atoms with van der Waals surface area (Å²) < 4.78 is 7.06. The zero-order valence-corrected chi connectivity index (χ0v) is 18.2. The van der Waals surface area contributed by atoms with Gasteiger partial charge in [-0.2, -0.15) is 0 Å². The third kappa shape index (κ3) is 4.57. The first-order valence-electron chi connectivity index (χ1n) is 11.2. The quantitative estimate of drug-likeness (QED) is 0.740. The van der Waals surface area contributed by atoms with Gasteiger partial charge >= 0.3 is 0 Å². The molecule has 0 bridgehead atoms. The number of nitrogens with zero attached hydrogens (tertiary/aromatic N) is 4. The summed E-state index contributed by atoms with van der Waals surface area (Å²) in [6.45, 7) is 5.53. The number of rotatable bonds is 6. The number of aromatic nitrogens is 3. The summed E-state index contributed by atoms with van der Waals surface area (Å²) in [6.07, 6.45) is 7.99. The van der Waals surface area contributed by atoms with Crippen LogP contribution < -0.4 is 5.32 Å². The monoisotopic (exact) mass is 411 g/mol. The van der Waals surface area contributed by atoms with E-state index in [1.165, 1.54) is 36.8 Å². The summed E-state index contributed by atoms with van der Waals surface area (Å²) in [5.74, 6) is -0.0961. The Bertz CT molecular complexity index is 870.